The summed E-state index contributed by atoms with van der Waals surface area (Å²) in [6, 6.07) is 5.86. The number of hydrogen-bond donors (Lipinski definition) is 2. The minimum Gasteiger partial charge on any atom is -0.374 e. The van der Waals surface area contributed by atoms with Crippen LogP contribution < -0.4 is 10.6 Å². The molecule has 0 aliphatic carbocycles. The highest BCUT2D eigenvalue weighted by Crippen LogP contribution is 2.20. The van der Waals surface area contributed by atoms with E-state index in [4.69, 9.17) is 16.3 Å². The zero-order valence-electron chi connectivity index (χ0n) is 12.9. The summed E-state index contributed by atoms with van der Waals surface area (Å²) in [4.78, 5) is 14.3. The van der Waals surface area contributed by atoms with Crippen LogP contribution in [0.1, 0.15) is 5.56 Å². The number of aryl methyl sites for hydroxylation is 1. The second-order valence-electron chi connectivity index (χ2n) is 5.68. The van der Waals surface area contributed by atoms with Crippen LogP contribution in [0.5, 0.6) is 0 Å². The van der Waals surface area contributed by atoms with E-state index in [1.54, 1.807) is 6.07 Å². The van der Waals surface area contributed by atoms with Crippen LogP contribution in [0.4, 0.5) is 5.69 Å². The summed E-state index contributed by atoms with van der Waals surface area (Å²) in [7, 11) is 0. The summed E-state index contributed by atoms with van der Waals surface area (Å²) in [5, 5.41) is 7.06. The smallest absolute Gasteiger partial charge is 0.238 e. The van der Waals surface area contributed by atoms with Crippen molar-refractivity contribution in [3.05, 3.63) is 28.8 Å². The molecule has 1 amide bonds. The van der Waals surface area contributed by atoms with Gasteiger partial charge in [-0.1, -0.05) is 11.6 Å². The molecule has 2 aliphatic rings. The second kappa shape index (κ2) is 9.06. The fourth-order valence-corrected chi connectivity index (χ4v) is 3.04. The third kappa shape index (κ3) is 5.21. The molecule has 0 aromatic heterocycles. The molecule has 1 aromatic rings. The molecule has 0 unspecified atom stereocenters. The number of fused-ring (bicyclic) bond motifs is 1. The SMILES string of the molecule is Cc1cc(NC(=O)CN2C[C@@H]3NCCO[C@H]3C2)ccc1Cl.Cl.Cl. The Kier molecular flexibility index (Phi) is 8.07. The van der Waals surface area contributed by atoms with Gasteiger partial charge in [0.05, 0.1) is 19.3 Å². The van der Waals surface area contributed by atoms with Gasteiger partial charge in [-0.15, -0.1) is 24.8 Å². The average Bonchev–Trinajstić information content (AvgIpc) is 2.84. The lowest BCUT2D eigenvalue weighted by atomic mass is 10.2. The Hall–Kier alpha value is -0.560. The van der Waals surface area contributed by atoms with Crippen molar-refractivity contribution < 1.29 is 9.53 Å². The topological polar surface area (TPSA) is 53.6 Å². The second-order valence-corrected chi connectivity index (χ2v) is 6.08. The van der Waals surface area contributed by atoms with Crippen LogP contribution >= 0.6 is 36.4 Å². The monoisotopic (exact) mass is 381 g/mol. The van der Waals surface area contributed by atoms with Crippen molar-refractivity contribution >= 4 is 48.0 Å². The molecule has 130 valence electrons. The van der Waals surface area contributed by atoms with Gasteiger partial charge in [-0.2, -0.15) is 0 Å². The van der Waals surface area contributed by atoms with Gasteiger partial charge < -0.3 is 15.4 Å². The lowest BCUT2D eigenvalue weighted by Crippen LogP contribution is -2.47. The normalized spacial score (nSPS) is 23.4. The number of amides is 1. The largest absolute Gasteiger partial charge is 0.374 e. The predicted molar refractivity (Wildman–Crippen MR) is 97.3 cm³/mol. The van der Waals surface area contributed by atoms with Crippen molar-refractivity contribution in [3.63, 3.8) is 0 Å². The molecule has 0 bridgehead atoms. The number of benzene rings is 1. The molecule has 2 aliphatic heterocycles. The molecule has 2 saturated heterocycles. The highest BCUT2D eigenvalue weighted by atomic mass is 35.5. The summed E-state index contributed by atoms with van der Waals surface area (Å²) < 4.78 is 5.71. The number of nitrogens with one attached hydrogen (secondary N) is 2. The van der Waals surface area contributed by atoms with Crippen molar-refractivity contribution in [1.29, 1.82) is 0 Å². The number of nitrogens with zero attached hydrogens (tertiary/aromatic N) is 1. The predicted octanol–water partition coefficient (Wildman–Crippen LogP) is 2.10. The van der Waals surface area contributed by atoms with Crippen molar-refractivity contribution in [3.8, 4) is 0 Å². The number of carbonyl (C=O) groups is 1. The molecular formula is C15H22Cl3N3O2. The minimum atomic E-state index is -0.00429. The van der Waals surface area contributed by atoms with Gasteiger partial charge in [0, 0.05) is 36.4 Å². The lowest BCUT2D eigenvalue weighted by Gasteiger charge is -2.25. The first-order valence-corrected chi connectivity index (χ1v) is 7.63. The van der Waals surface area contributed by atoms with Gasteiger partial charge in [-0.05, 0) is 30.7 Å². The quantitative estimate of drug-likeness (QED) is 0.841. The molecule has 2 N–H and O–H groups in total. The van der Waals surface area contributed by atoms with Crippen LogP contribution in [-0.2, 0) is 9.53 Å². The summed E-state index contributed by atoms with van der Waals surface area (Å²) in [6.07, 6.45) is 0.212. The Bertz CT molecular complexity index is 531. The summed E-state index contributed by atoms with van der Waals surface area (Å²) in [5.74, 6) is -0.00429. The third-order valence-electron chi connectivity index (χ3n) is 3.99. The molecule has 0 saturated carbocycles. The van der Waals surface area contributed by atoms with Crippen molar-refractivity contribution in [1.82, 2.24) is 10.2 Å². The van der Waals surface area contributed by atoms with Crippen molar-refractivity contribution in [2.24, 2.45) is 0 Å². The van der Waals surface area contributed by atoms with Crippen LogP contribution in [0.3, 0.4) is 0 Å². The number of ether oxygens (including phenoxy) is 1. The number of anilines is 1. The number of carbonyl (C=O) groups excluding carboxylic acids is 1. The standard InChI is InChI=1S/C15H20ClN3O2.2ClH/c1-10-6-11(2-3-12(10)16)18-15(20)9-19-7-13-14(8-19)21-5-4-17-13;;/h2-3,6,13-14,17H,4-5,7-9H2,1H3,(H,18,20);2*1H/t13-,14-;;/m0../s1. The number of halogens is 3. The number of hydrogen-bond acceptors (Lipinski definition) is 4. The molecule has 0 spiro atoms. The molecule has 8 heteroatoms. The van der Waals surface area contributed by atoms with E-state index < -0.39 is 0 Å². The number of likely N-dealkylation sites (tertiary alicyclic amines) is 1. The zero-order valence-corrected chi connectivity index (χ0v) is 15.3. The van der Waals surface area contributed by atoms with E-state index in [-0.39, 0.29) is 36.8 Å². The maximum absolute atomic E-state index is 12.1. The highest BCUT2D eigenvalue weighted by Gasteiger charge is 2.35. The molecule has 2 heterocycles. The summed E-state index contributed by atoms with van der Waals surface area (Å²) in [5.41, 5.74) is 1.74. The molecule has 23 heavy (non-hydrogen) atoms. The first kappa shape index (κ1) is 20.5. The lowest BCUT2D eigenvalue weighted by molar-refractivity contribution is -0.117. The van der Waals surface area contributed by atoms with Gasteiger partial charge in [0.25, 0.3) is 0 Å². The van der Waals surface area contributed by atoms with Crippen LogP contribution in [0, 0.1) is 6.92 Å². The Morgan fingerprint density at radius 3 is 2.91 bits per heavy atom. The van der Waals surface area contributed by atoms with E-state index in [2.05, 4.69) is 15.5 Å². The van der Waals surface area contributed by atoms with Crippen LogP contribution in [0.2, 0.25) is 5.02 Å². The van der Waals surface area contributed by atoms with Gasteiger partial charge in [-0.25, -0.2) is 0 Å². The first-order valence-electron chi connectivity index (χ1n) is 7.25. The molecule has 0 radical (unpaired) electrons. The van der Waals surface area contributed by atoms with Gasteiger partial charge in [0.15, 0.2) is 0 Å². The van der Waals surface area contributed by atoms with E-state index in [9.17, 15) is 4.79 Å². The molecule has 1 aromatic carbocycles. The van der Waals surface area contributed by atoms with Gasteiger partial charge in [-0.3, -0.25) is 9.69 Å². The zero-order chi connectivity index (χ0) is 14.8. The molecule has 2 fully saturated rings. The van der Waals surface area contributed by atoms with Crippen LogP contribution in [0.15, 0.2) is 18.2 Å². The average molecular weight is 383 g/mol. The van der Waals surface area contributed by atoms with E-state index in [0.717, 1.165) is 37.5 Å². The molecule has 3 rings (SSSR count). The van der Waals surface area contributed by atoms with E-state index in [1.165, 1.54) is 0 Å². The van der Waals surface area contributed by atoms with E-state index in [1.807, 2.05) is 19.1 Å². The van der Waals surface area contributed by atoms with Crippen molar-refractivity contribution in [2.75, 3.05) is 38.1 Å². The summed E-state index contributed by atoms with van der Waals surface area (Å²) in [6.45, 7) is 5.63. The van der Waals surface area contributed by atoms with E-state index >= 15 is 0 Å². The fourth-order valence-electron chi connectivity index (χ4n) is 2.93. The minimum absolute atomic E-state index is 0. The molecule has 5 nitrogen and oxygen atoms in total. The van der Waals surface area contributed by atoms with Gasteiger partial charge in [0.1, 0.15) is 0 Å². The van der Waals surface area contributed by atoms with E-state index in [0.29, 0.717) is 17.6 Å². The molecule has 2 atom stereocenters. The number of morpholine rings is 1. The summed E-state index contributed by atoms with van der Waals surface area (Å²) >= 11 is 5.98. The Morgan fingerprint density at radius 2 is 2.22 bits per heavy atom. The van der Waals surface area contributed by atoms with Crippen LogP contribution in [-0.4, -0.2) is 55.7 Å². The Balaban J connectivity index is 0.00000132. The maximum atomic E-state index is 12.1. The van der Waals surface area contributed by atoms with Gasteiger partial charge >= 0.3 is 0 Å². The third-order valence-corrected chi connectivity index (χ3v) is 4.42. The Labute approximate surface area is 153 Å². The molecular weight excluding hydrogens is 361 g/mol. The van der Waals surface area contributed by atoms with Crippen LogP contribution in [0.25, 0.3) is 0 Å². The van der Waals surface area contributed by atoms with Crippen molar-refractivity contribution in [2.45, 2.75) is 19.1 Å². The first-order chi connectivity index (χ1) is 10.1. The van der Waals surface area contributed by atoms with Gasteiger partial charge in [0.2, 0.25) is 5.91 Å². The fraction of sp³-hybridized carbons (Fsp3) is 0.533. The highest BCUT2D eigenvalue weighted by molar-refractivity contribution is 6.31. The number of rotatable bonds is 3. The Morgan fingerprint density at radius 1 is 1.43 bits per heavy atom. The maximum Gasteiger partial charge on any atom is 0.238 e.